The van der Waals surface area contributed by atoms with Crippen molar-refractivity contribution in [3.8, 4) is 11.5 Å². The third-order valence-electron chi connectivity index (χ3n) is 6.15. The maximum Gasteiger partial charge on any atom is 0.229 e. The zero-order chi connectivity index (χ0) is 23.4. The summed E-state index contributed by atoms with van der Waals surface area (Å²) in [6.07, 6.45) is 0.732. The molecule has 2 atom stereocenters. The van der Waals surface area contributed by atoms with Gasteiger partial charge in [-0.2, -0.15) is 0 Å². The Kier molecular flexibility index (Phi) is 6.63. The molecule has 170 valence electrons. The molecular formula is C27H28N2O4. The van der Waals surface area contributed by atoms with E-state index in [-0.39, 0.29) is 18.2 Å². The maximum atomic E-state index is 13.6. The van der Waals surface area contributed by atoms with E-state index < -0.39 is 12.0 Å². The van der Waals surface area contributed by atoms with Crippen molar-refractivity contribution in [2.75, 3.05) is 24.4 Å². The highest BCUT2D eigenvalue weighted by atomic mass is 16.5. The molecule has 0 radical (unpaired) electrons. The average Bonchev–Trinajstić information content (AvgIpc) is 2.85. The van der Waals surface area contributed by atoms with Crippen molar-refractivity contribution in [3.63, 3.8) is 0 Å². The van der Waals surface area contributed by atoms with Gasteiger partial charge in [0.05, 0.1) is 26.2 Å². The number of benzene rings is 3. The Morgan fingerprint density at radius 1 is 0.939 bits per heavy atom. The second-order valence-corrected chi connectivity index (χ2v) is 8.10. The van der Waals surface area contributed by atoms with Gasteiger partial charge in [0.1, 0.15) is 11.5 Å². The van der Waals surface area contributed by atoms with Gasteiger partial charge in [-0.05, 0) is 55.3 Å². The van der Waals surface area contributed by atoms with Crippen LogP contribution in [-0.4, -0.2) is 26.0 Å². The monoisotopic (exact) mass is 444 g/mol. The standard InChI is InChI=1S/C27H28N2O4/c1-18-8-4-6-10-23(18)28-27(31)22-16-17-25(30)29(19-12-14-20(32-2)15-13-19)26(22)21-9-5-7-11-24(21)33-3/h4-15,22,26H,16-17H2,1-3H3,(H,28,31)/t22-,26-/m1/s1. The lowest BCUT2D eigenvalue weighted by Crippen LogP contribution is -2.47. The Morgan fingerprint density at radius 3 is 2.33 bits per heavy atom. The van der Waals surface area contributed by atoms with Crippen LogP contribution in [0.4, 0.5) is 11.4 Å². The molecule has 1 saturated heterocycles. The van der Waals surface area contributed by atoms with Gasteiger partial charge in [0.25, 0.3) is 0 Å². The van der Waals surface area contributed by atoms with Gasteiger partial charge in [-0.25, -0.2) is 0 Å². The fourth-order valence-electron chi connectivity index (χ4n) is 4.42. The third-order valence-corrected chi connectivity index (χ3v) is 6.15. The van der Waals surface area contributed by atoms with Crippen molar-refractivity contribution in [1.82, 2.24) is 0 Å². The highest BCUT2D eigenvalue weighted by Crippen LogP contribution is 2.43. The molecule has 1 fully saturated rings. The number of piperidine rings is 1. The number of ether oxygens (including phenoxy) is 2. The van der Waals surface area contributed by atoms with E-state index in [0.29, 0.717) is 23.6 Å². The molecule has 0 aromatic heterocycles. The van der Waals surface area contributed by atoms with E-state index in [1.807, 2.05) is 79.7 Å². The molecule has 4 rings (SSSR count). The highest BCUT2D eigenvalue weighted by molar-refractivity contribution is 6.00. The molecule has 0 saturated carbocycles. The maximum absolute atomic E-state index is 13.6. The SMILES string of the molecule is COc1ccc(N2C(=O)CC[C@@H](C(=O)Nc3ccccc3C)[C@H]2c2ccccc2OC)cc1. The van der Waals surface area contributed by atoms with Crippen molar-refractivity contribution in [2.24, 2.45) is 5.92 Å². The first-order valence-corrected chi connectivity index (χ1v) is 11.0. The number of hydrogen-bond acceptors (Lipinski definition) is 4. The topological polar surface area (TPSA) is 67.9 Å². The van der Waals surface area contributed by atoms with Gasteiger partial charge in [0, 0.05) is 23.4 Å². The zero-order valence-electron chi connectivity index (χ0n) is 19.1. The van der Waals surface area contributed by atoms with Crippen molar-refractivity contribution in [2.45, 2.75) is 25.8 Å². The molecule has 33 heavy (non-hydrogen) atoms. The third kappa shape index (κ3) is 4.55. The van der Waals surface area contributed by atoms with Crippen LogP contribution < -0.4 is 19.7 Å². The lowest BCUT2D eigenvalue weighted by atomic mass is 9.82. The fourth-order valence-corrected chi connectivity index (χ4v) is 4.42. The van der Waals surface area contributed by atoms with Crippen LogP contribution in [0.1, 0.15) is 30.0 Å². The molecule has 6 nitrogen and oxygen atoms in total. The second kappa shape index (κ2) is 9.77. The number of hydrogen-bond donors (Lipinski definition) is 1. The molecule has 6 heteroatoms. The van der Waals surface area contributed by atoms with Gasteiger partial charge in [0.2, 0.25) is 11.8 Å². The first kappa shape index (κ1) is 22.4. The highest BCUT2D eigenvalue weighted by Gasteiger charge is 2.42. The summed E-state index contributed by atoms with van der Waals surface area (Å²) in [6.45, 7) is 1.96. The molecule has 0 unspecified atom stereocenters. The Bertz CT molecular complexity index is 1140. The number of nitrogens with one attached hydrogen (secondary N) is 1. The predicted octanol–water partition coefficient (Wildman–Crippen LogP) is 5.14. The number of amides is 2. The van der Waals surface area contributed by atoms with Crippen molar-refractivity contribution >= 4 is 23.2 Å². The molecule has 2 amide bonds. The summed E-state index contributed by atoms with van der Waals surface area (Å²) in [7, 11) is 3.20. The summed E-state index contributed by atoms with van der Waals surface area (Å²) >= 11 is 0. The number of carbonyl (C=O) groups is 2. The minimum Gasteiger partial charge on any atom is -0.497 e. The summed E-state index contributed by atoms with van der Waals surface area (Å²) in [5.41, 5.74) is 3.27. The van der Waals surface area contributed by atoms with E-state index in [4.69, 9.17) is 9.47 Å². The molecule has 1 N–H and O–H groups in total. The first-order chi connectivity index (χ1) is 16.0. The van der Waals surface area contributed by atoms with E-state index in [1.54, 1.807) is 19.1 Å². The summed E-state index contributed by atoms with van der Waals surface area (Å²) in [5, 5.41) is 3.08. The minimum atomic E-state index is -0.514. The van der Waals surface area contributed by atoms with Gasteiger partial charge in [-0.1, -0.05) is 36.4 Å². The number of nitrogens with zero attached hydrogens (tertiary/aromatic N) is 1. The van der Waals surface area contributed by atoms with Crippen LogP contribution in [0, 0.1) is 12.8 Å². The normalized spacial score (nSPS) is 18.0. The quantitative estimate of drug-likeness (QED) is 0.572. The Morgan fingerprint density at radius 2 is 1.64 bits per heavy atom. The van der Waals surface area contributed by atoms with E-state index in [2.05, 4.69) is 5.32 Å². The Balaban J connectivity index is 1.78. The van der Waals surface area contributed by atoms with Gasteiger partial charge < -0.3 is 19.7 Å². The Labute approximate surface area is 194 Å². The summed E-state index contributed by atoms with van der Waals surface area (Å²) in [4.78, 5) is 28.5. The smallest absolute Gasteiger partial charge is 0.229 e. The Hall–Kier alpha value is -3.80. The molecule has 1 aliphatic rings. The molecule has 1 heterocycles. The van der Waals surface area contributed by atoms with E-state index in [0.717, 1.165) is 16.8 Å². The van der Waals surface area contributed by atoms with Crippen molar-refractivity contribution in [3.05, 3.63) is 83.9 Å². The van der Waals surface area contributed by atoms with Gasteiger partial charge in [-0.3, -0.25) is 9.59 Å². The number of anilines is 2. The fraction of sp³-hybridized carbons (Fsp3) is 0.259. The van der Waals surface area contributed by atoms with Crippen LogP contribution in [0.25, 0.3) is 0 Å². The molecule has 3 aromatic rings. The van der Waals surface area contributed by atoms with Crippen molar-refractivity contribution in [1.29, 1.82) is 0 Å². The summed E-state index contributed by atoms with van der Waals surface area (Å²) in [6, 6.07) is 22.1. The molecule has 1 aliphatic heterocycles. The lowest BCUT2D eigenvalue weighted by Gasteiger charge is -2.41. The molecule has 0 bridgehead atoms. The van der Waals surface area contributed by atoms with Crippen LogP contribution in [0.2, 0.25) is 0 Å². The van der Waals surface area contributed by atoms with Gasteiger partial charge in [-0.15, -0.1) is 0 Å². The first-order valence-electron chi connectivity index (χ1n) is 11.0. The van der Waals surface area contributed by atoms with E-state index in [9.17, 15) is 9.59 Å². The number of carbonyl (C=O) groups excluding carboxylic acids is 2. The second-order valence-electron chi connectivity index (χ2n) is 8.10. The number of para-hydroxylation sites is 2. The molecular weight excluding hydrogens is 416 g/mol. The lowest BCUT2D eigenvalue weighted by molar-refractivity contribution is -0.126. The number of aryl methyl sites for hydroxylation is 1. The van der Waals surface area contributed by atoms with E-state index in [1.165, 1.54) is 0 Å². The molecule has 0 aliphatic carbocycles. The van der Waals surface area contributed by atoms with Crippen LogP contribution >= 0.6 is 0 Å². The summed E-state index contributed by atoms with van der Waals surface area (Å²) < 4.78 is 10.9. The van der Waals surface area contributed by atoms with Crippen LogP contribution in [0.3, 0.4) is 0 Å². The van der Waals surface area contributed by atoms with Crippen LogP contribution in [-0.2, 0) is 9.59 Å². The number of rotatable bonds is 6. The van der Waals surface area contributed by atoms with Gasteiger partial charge >= 0.3 is 0 Å². The predicted molar refractivity (Wildman–Crippen MR) is 129 cm³/mol. The van der Waals surface area contributed by atoms with Gasteiger partial charge in [0.15, 0.2) is 0 Å². The van der Waals surface area contributed by atoms with Crippen LogP contribution in [0.15, 0.2) is 72.8 Å². The molecule has 0 spiro atoms. The molecule has 3 aromatic carbocycles. The average molecular weight is 445 g/mol. The largest absolute Gasteiger partial charge is 0.497 e. The van der Waals surface area contributed by atoms with Crippen molar-refractivity contribution < 1.29 is 19.1 Å². The van der Waals surface area contributed by atoms with Crippen LogP contribution in [0.5, 0.6) is 11.5 Å². The summed E-state index contributed by atoms with van der Waals surface area (Å²) in [5.74, 6) is 0.734. The zero-order valence-corrected chi connectivity index (χ0v) is 19.1. The number of methoxy groups -OCH3 is 2. The van der Waals surface area contributed by atoms with E-state index >= 15 is 0 Å². The minimum absolute atomic E-state index is 0.0315.